The SMILES string of the molecule is CC(CNC(=O)c1ccc[n+](C)c1)OC(=O)Cc1ccccc1Nc1c(Cl)cccc1Cl. The van der Waals surface area contributed by atoms with E-state index < -0.39 is 12.1 Å². The third-order valence-corrected chi connectivity index (χ3v) is 5.29. The molecule has 3 aromatic rings. The topological polar surface area (TPSA) is 71.3 Å². The molecule has 8 heteroatoms. The van der Waals surface area contributed by atoms with E-state index >= 15 is 0 Å². The summed E-state index contributed by atoms with van der Waals surface area (Å²) in [4.78, 5) is 24.8. The predicted molar refractivity (Wildman–Crippen MR) is 125 cm³/mol. The van der Waals surface area contributed by atoms with Crippen LogP contribution >= 0.6 is 23.2 Å². The van der Waals surface area contributed by atoms with Gasteiger partial charge in [-0.2, -0.15) is 0 Å². The quantitative estimate of drug-likeness (QED) is 0.374. The van der Waals surface area contributed by atoms with Crippen molar-refractivity contribution in [2.24, 2.45) is 7.05 Å². The monoisotopic (exact) mass is 472 g/mol. The Morgan fingerprint density at radius 1 is 1.03 bits per heavy atom. The average molecular weight is 473 g/mol. The van der Waals surface area contributed by atoms with Crippen LogP contribution in [-0.2, 0) is 23.0 Å². The van der Waals surface area contributed by atoms with Gasteiger partial charge in [0.05, 0.1) is 28.7 Å². The van der Waals surface area contributed by atoms with E-state index in [-0.39, 0.29) is 18.9 Å². The number of benzene rings is 2. The lowest BCUT2D eigenvalue weighted by Gasteiger charge is -2.16. The van der Waals surface area contributed by atoms with Crippen LogP contribution in [0.2, 0.25) is 10.0 Å². The molecular formula is C24H24Cl2N3O3+. The highest BCUT2D eigenvalue weighted by Crippen LogP contribution is 2.33. The van der Waals surface area contributed by atoms with Crippen molar-refractivity contribution < 1.29 is 18.9 Å². The van der Waals surface area contributed by atoms with Crippen molar-refractivity contribution in [3.8, 4) is 0 Å². The highest BCUT2D eigenvalue weighted by molar-refractivity contribution is 6.39. The number of halogens is 2. The Kier molecular flexibility index (Phi) is 8.09. The van der Waals surface area contributed by atoms with Crippen LogP contribution in [0.15, 0.2) is 67.0 Å². The largest absolute Gasteiger partial charge is 0.461 e. The molecule has 3 rings (SSSR count). The normalized spacial score (nSPS) is 11.5. The summed E-state index contributed by atoms with van der Waals surface area (Å²) < 4.78 is 7.27. The molecule has 1 atom stereocenters. The molecular weight excluding hydrogens is 449 g/mol. The van der Waals surface area contributed by atoms with Gasteiger partial charge in [-0.3, -0.25) is 9.59 Å². The van der Waals surface area contributed by atoms with Crippen LogP contribution in [0.1, 0.15) is 22.8 Å². The summed E-state index contributed by atoms with van der Waals surface area (Å²) in [6.45, 7) is 1.94. The number of nitrogens with one attached hydrogen (secondary N) is 2. The molecule has 1 heterocycles. The smallest absolute Gasteiger partial charge is 0.310 e. The van der Waals surface area contributed by atoms with Gasteiger partial charge >= 0.3 is 5.97 Å². The fourth-order valence-electron chi connectivity index (χ4n) is 3.07. The van der Waals surface area contributed by atoms with E-state index in [9.17, 15) is 9.59 Å². The number of hydrogen-bond acceptors (Lipinski definition) is 4. The molecule has 0 spiro atoms. The van der Waals surface area contributed by atoms with Crippen molar-refractivity contribution in [2.45, 2.75) is 19.4 Å². The molecule has 0 aliphatic carbocycles. The summed E-state index contributed by atoms with van der Waals surface area (Å²) in [5, 5.41) is 6.94. The minimum atomic E-state index is -0.484. The molecule has 0 aliphatic rings. The van der Waals surface area contributed by atoms with Gasteiger partial charge in [-0.1, -0.05) is 47.5 Å². The number of ether oxygens (including phenoxy) is 1. The maximum atomic E-state index is 12.5. The third kappa shape index (κ3) is 6.45. The fourth-order valence-corrected chi connectivity index (χ4v) is 3.56. The molecule has 32 heavy (non-hydrogen) atoms. The van der Waals surface area contributed by atoms with Crippen molar-refractivity contribution >= 4 is 46.5 Å². The van der Waals surface area contributed by atoms with Crippen LogP contribution < -0.4 is 15.2 Å². The Morgan fingerprint density at radius 3 is 2.47 bits per heavy atom. The van der Waals surface area contributed by atoms with Crippen LogP contribution in [0.25, 0.3) is 0 Å². The zero-order valence-corrected chi connectivity index (χ0v) is 19.3. The molecule has 0 radical (unpaired) electrons. The van der Waals surface area contributed by atoms with Gasteiger partial charge in [0.25, 0.3) is 5.91 Å². The lowest BCUT2D eigenvalue weighted by Crippen LogP contribution is -2.35. The number of esters is 1. The van der Waals surface area contributed by atoms with Gasteiger partial charge in [-0.25, -0.2) is 4.57 Å². The number of aromatic nitrogens is 1. The van der Waals surface area contributed by atoms with Gasteiger partial charge in [0.1, 0.15) is 18.7 Å². The number of amides is 1. The molecule has 1 unspecified atom stereocenters. The molecule has 0 fully saturated rings. The lowest BCUT2D eigenvalue weighted by atomic mass is 10.1. The lowest BCUT2D eigenvalue weighted by molar-refractivity contribution is -0.671. The minimum Gasteiger partial charge on any atom is -0.461 e. The highest BCUT2D eigenvalue weighted by atomic mass is 35.5. The summed E-state index contributed by atoms with van der Waals surface area (Å²) >= 11 is 12.5. The Bertz CT molecular complexity index is 1100. The second kappa shape index (κ2) is 11.0. The molecule has 6 nitrogen and oxygen atoms in total. The third-order valence-electron chi connectivity index (χ3n) is 4.66. The number of aryl methyl sites for hydroxylation is 1. The van der Waals surface area contributed by atoms with Gasteiger partial charge in [0.15, 0.2) is 12.4 Å². The van der Waals surface area contributed by atoms with Crippen molar-refractivity contribution in [2.75, 3.05) is 11.9 Å². The number of rotatable bonds is 8. The number of anilines is 2. The Balaban J connectivity index is 1.57. The number of pyridine rings is 1. The van der Waals surface area contributed by atoms with Crippen LogP contribution in [0.3, 0.4) is 0 Å². The van der Waals surface area contributed by atoms with E-state index in [1.54, 1.807) is 48.0 Å². The molecule has 1 amide bonds. The Hall–Kier alpha value is -3.09. The molecule has 166 valence electrons. The van der Waals surface area contributed by atoms with Gasteiger partial charge in [0, 0.05) is 11.8 Å². The maximum Gasteiger partial charge on any atom is 0.310 e. The van der Waals surface area contributed by atoms with E-state index in [2.05, 4.69) is 10.6 Å². The number of hydrogen-bond donors (Lipinski definition) is 2. The summed E-state index contributed by atoms with van der Waals surface area (Å²) in [5.74, 6) is -0.632. The summed E-state index contributed by atoms with van der Waals surface area (Å²) in [6.07, 6.45) is 3.13. The molecule has 0 saturated carbocycles. The summed E-state index contributed by atoms with van der Waals surface area (Å²) in [5.41, 5.74) is 2.55. The standard InChI is InChI=1S/C24H23Cl2N3O3/c1-16(14-27-24(31)18-8-6-12-29(2)15-18)32-22(30)13-17-7-3-4-11-21(17)28-23-19(25)9-5-10-20(23)26/h3-12,15-16,28H,13-14H2,1-2H3/p+1. The zero-order valence-electron chi connectivity index (χ0n) is 17.8. The van der Waals surface area contributed by atoms with Crippen molar-refractivity contribution in [1.82, 2.24) is 5.32 Å². The van der Waals surface area contributed by atoms with E-state index in [1.807, 2.05) is 37.5 Å². The maximum absolute atomic E-state index is 12.5. The average Bonchev–Trinajstić information content (AvgIpc) is 2.75. The van der Waals surface area contributed by atoms with Crippen molar-refractivity contribution in [3.05, 3.63) is 88.2 Å². The van der Waals surface area contributed by atoms with Crippen molar-refractivity contribution in [3.63, 3.8) is 0 Å². The predicted octanol–water partition coefficient (Wildman–Crippen LogP) is 4.47. The minimum absolute atomic E-state index is 0.0536. The second-order valence-corrected chi connectivity index (χ2v) is 8.14. The molecule has 0 bridgehead atoms. The fraction of sp³-hybridized carbons (Fsp3) is 0.208. The van der Waals surface area contributed by atoms with E-state index in [0.29, 0.717) is 27.0 Å². The molecule has 1 aromatic heterocycles. The second-order valence-electron chi connectivity index (χ2n) is 7.32. The van der Waals surface area contributed by atoms with Gasteiger partial charge in [-0.15, -0.1) is 0 Å². The first-order chi connectivity index (χ1) is 15.3. The number of nitrogens with zero attached hydrogens (tertiary/aromatic N) is 1. The van der Waals surface area contributed by atoms with Gasteiger partial charge in [-0.05, 0) is 36.8 Å². The Labute approximate surface area is 197 Å². The van der Waals surface area contributed by atoms with Gasteiger partial charge < -0.3 is 15.4 Å². The van der Waals surface area contributed by atoms with Crippen LogP contribution in [0.5, 0.6) is 0 Å². The summed E-state index contributed by atoms with van der Waals surface area (Å²) in [6, 6.07) is 16.1. The zero-order chi connectivity index (χ0) is 23.1. The molecule has 0 aliphatic heterocycles. The van der Waals surface area contributed by atoms with Crippen molar-refractivity contribution in [1.29, 1.82) is 0 Å². The first kappa shape index (κ1) is 23.6. The highest BCUT2D eigenvalue weighted by Gasteiger charge is 2.16. The van der Waals surface area contributed by atoms with Crippen LogP contribution in [0.4, 0.5) is 11.4 Å². The summed E-state index contributed by atoms with van der Waals surface area (Å²) in [7, 11) is 1.84. The molecule has 2 aromatic carbocycles. The number of carbonyl (C=O) groups excluding carboxylic acids is 2. The number of carbonyl (C=O) groups is 2. The van der Waals surface area contributed by atoms with E-state index in [1.165, 1.54) is 0 Å². The van der Waals surface area contributed by atoms with Crippen LogP contribution in [0, 0.1) is 0 Å². The molecule has 2 N–H and O–H groups in total. The van der Waals surface area contributed by atoms with E-state index in [0.717, 1.165) is 5.56 Å². The van der Waals surface area contributed by atoms with Gasteiger partial charge in [0.2, 0.25) is 0 Å². The Morgan fingerprint density at radius 2 is 1.75 bits per heavy atom. The first-order valence-electron chi connectivity index (χ1n) is 10.1. The van der Waals surface area contributed by atoms with Crippen LogP contribution in [-0.4, -0.2) is 24.5 Å². The first-order valence-corrected chi connectivity index (χ1v) is 10.8. The number of para-hydroxylation sites is 2. The van der Waals surface area contributed by atoms with E-state index in [4.69, 9.17) is 27.9 Å². The molecule has 0 saturated heterocycles.